The van der Waals surface area contributed by atoms with E-state index < -0.39 is 18.5 Å². The molecule has 1 amide bonds. The van der Waals surface area contributed by atoms with Crippen molar-refractivity contribution in [2.24, 2.45) is 0 Å². The van der Waals surface area contributed by atoms with Crippen molar-refractivity contribution in [2.45, 2.75) is 6.92 Å². The minimum atomic E-state index is -0.666. The highest BCUT2D eigenvalue weighted by Crippen LogP contribution is 2.27. The lowest BCUT2D eigenvalue weighted by Gasteiger charge is -2.11. The Balaban J connectivity index is 1.69. The van der Waals surface area contributed by atoms with E-state index in [1.807, 2.05) is 0 Å². The summed E-state index contributed by atoms with van der Waals surface area (Å²) in [5.74, 6) is -1.24. The van der Waals surface area contributed by atoms with Crippen molar-refractivity contribution in [2.75, 3.05) is 11.9 Å². The maximum Gasteiger partial charge on any atom is 0.339 e. The molecule has 30 heavy (non-hydrogen) atoms. The van der Waals surface area contributed by atoms with Crippen LogP contribution in [0.2, 0.25) is 0 Å². The lowest BCUT2D eigenvalue weighted by molar-refractivity contribution is -0.119. The van der Waals surface area contributed by atoms with Gasteiger partial charge < -0.3 is 10.1 Å². The first-order chi connectivity index (χ1) is 14.5. The number of ether oxygens (including phenoxy) is 1. The molecule has 6 nitrogen and oxygen atoms in total. The second-order valence-electron chi connectivity index (χ2n) is 6.46. The van der Waals surface area contributed by atoms with Crippen LogP contribution in [0.5, 0.6) is 0 Å². The summed E-state index contributed by atoms with van der Waals surface area (Å²) in [6.07, 6.45) is 0. The van der Waals surface area contributed by atoms with Gasteiger partial charge in [0, 0.05) is 16.8 Å². The van der Waals surface area contributed by atoms with Crippen molar-refractivity contribution in [3.05, 3.63) is 89.5 Å². The molecular formula is C24H18N2O4. The minimum Gasteiger partial charge on any atom is -0.452 e. The number of anilines is 1. The molecule has 3 aromatic rings. The normalized spacial score (nSPS) is 10.0. The predicted molar refractivity (Wildman–Crippen MR) is 112 cm³/mol. The molecule has 0 aliphatic carbocycles. The number of rotatable bonds is 6. The van der Waals surface area contributed by atoms with Gasteiger partial charge in [0.25, 0.3) is 5.91 Å². The highest BCUT2D eigenvalue weighted by molar-refractivity contribution is 6.00. The predicted octanol–water partition coefficient (Wildman–Crippen LogP) is 4.22. The lowest BCUT2D eigenvalue weighted by Crippen LogP contribution is -2.21. The second kappa shape index (κ2) is 9.30. The van der Waals surface area contributed by atoms with Gasteiger partial charge in [0.2, 0.25) is 0 Å². The maximum absolute atomic E-state index is 12.6. The summed E-state index contributed by atoms with van der Waals surface area (Å²) in [6.45, 7) is 0.988. The number of Topliss-reactive ketones (excluding diaryl/α,β-unsaturated/α-hetero) is 1. The Morgan fingerprint density at radius 3 is 2.20 bits per heavy atom. The molecule has 0 saturated heterocycles. The fraction of sp³-hybridized carbons (Fsp3) is 0.0833. The smallest absolute Gasteiger partial charge is 0.339 e. The number of hydrogen-bond donors (Lipinski definition) is 1. The van der Waals surface area contributed by atoms with Gasteiger partial charge in [0.15, 0.2) is 12.4 Å². The molecule has 148 valence electrons. The first-order valence-electron chi connectivity index (χ1n) is 9.16. The van der Waals surface area contributed by atoms with Crippen LogP contribution in [-0.4, -0.2) is 24.3 Å². The van der Waals surface area contributed by atoms with Crippen LogP contribution in [0.1, 0.15) is 33.2 Å². The monoisotopic (exact) mass is 398 g/mol. The molecule has 0 fully saturated rings. The van der Waals surface area contributed by atoms with Crippen molar-refractivity contribution in [3.8, 4) is 17.2 Å². The third-order valence-corrected chi connectivity index (χ3v) is 4.39. The van der Waals surface area contributed by atoms with Crippen molar-refractivity contribution in [1.29, 1.82) is 5.26 Å². The van der Waals surface area contributed by atoms with Crippen LogP contribution in [0.15, 0.2) is 72.8 Å². The third-order valence-electron chi connectivity index (χ3n) is 4.39. The number of carbonyl (C=O) groups excluding carboxylic acids is 3. The molecule has 0 atom stereocenters. The Hall–Kier alpha value is -4.24. The average Bonchev–Trinajstić information content (AvgIpc) is 2.77. The second-order valence-corrected chi connectivity index (χ2v) is 6.46. The summed E-state index contributed by atoms with van der Waals surface area (Å²) >= 11 is 0. The average molecular weight is 398 g/mol. The largest absolute Gasteiger partial charge is 0.452 e. The van der Waals surface area contributed by atoms with Gasteiger partial charge >= 0.3 is 5.97 Å². The number of benzene rings is 3. The van der Waals surface area contributed by atoms with Gasteiger partial charge in [0.05, 0.1) is 17.2 Å². The van der Waals surface area contributed by atoms with Crippen molar-refractivity contribution in [1.82, 2.24) is 0 Å². The topological polar surface area (TPSA) is 96.3 Å². The number of hydrogen-bond acceptors (Lipinski definition) is 5. The number of esters is 1. The van der Waals surface area contributed by atoms with Gasteiger partial charge in [-0.2, -0.15) is 5.26 Å². The summed E-state index contributed by atoms with van der Waals surface area (Å²) in [6, 6.07) is 22.2. The van der Waals surface area contributed by atoms with E-state index in [-0.39, 0.29) is 11.3 Å². The van der Waals surface area contributed by atoms with E-state index in [4.69, 9.17) is 4.74 Å². The summed E-state index contributed by atoms with van der Waals surface area (Å²) in [7, 11) is 0. The Morgan fingerprint density at radius 1 is 0.900 bits per heavy atom. The van der Waals surface area contributed by atoms with Crippen LogP contribution in [0, 0.1) is 11.3 Å². The molecule has 0 unspecified atom stereocenters. The minimum absolute atomic E-state index is 0.0709. The quantitative estimate of drug-likeness (QED) is 0.495. The van der Waals surface area contributed by atoms with Gasteiger partial charge in [-0.1, -0.05) is 36.4 Å². The van der Waals surface area contributed by atoms with Crippen molar-refractivity contribution < 1.29 is 19.1 Å². The van der Waals surface area contributed by atoms with Gasteiger partial charge in [0.1, 0.15) is 0 Å². The van der Waals surface area contributed by atoms with Crippen LogP contribution >= 0.6 is 0 Å². The molecular weight excluding hydrogens is 380 g/mol. The molecule has 6 heteroatoms. The molecule has 0 spiro atoms. The number of carbonyl (C=O) groups is 3. The number of amides is 1. The first kappa shape index (κ1) is 20.5. The van der Waals surface area contributed by atoms with E-state index in [9.17, 15) is 19.6 Å². The molecule has 0 bridgehead atoms. The number of nitrogens with zero attached hydrogens (tertiary/aromatic N) is 1. The number of nitriles is 1. The SMILES string of the molecule is CC(=O)c1ccc(NC(=O)COC(=O)c2ccccc2-c2ccccc2C#N)cc1. The molecule has 0 radical (unpaired) electrons. The van der Waals surface area contributed by atoms with Gasteiger partial charge in [-0.3, -0.25) is 9.59 Å². The summed E-state index contributed by atoms with van der Waals surface area (Å²) < 4.78 is 5.17. The van der Waals surface area contributed by atoms with Crippen LogP contribution in [0.4, 0.5) is 5.69 Å². The van der Waals surface area contributed by atoms with Crippen molar-refractivity contribution >= 4 is 23.3 Å². The van der Waals surface area contributed by atoms with Gasteiger partial charge in [-0.15, -0.1) is 0 Å². The van der Waals surface area contributed by atoms with Gasteiger partial charge in [-0.05, 0) is 48.9 Å². The zero-order valence-electron chi connectivity index (χ0n) is 16.2. The van der Waals surface area contributed by atoms with Crippen molar-refractivity contribution in [3.63, 3.8) is 0 Å². The summed E-state index contributed by atoms with van der Waals surface area (Å²) in [4.78, 5) is 36.0. The summed E-state index contributed by atoms with van der Waals surface area (Å²) in [5, 5.41) is 11.9. The van der Waals surface area contributed by atoms with Crippen LogP contribution in [-0.2, 0) is 9.53 Å². The van der Waals surface area contributed by atoms with Gasteiger partial charge in [-0.25, -0.2) is 4.79 Å². The number of nitrogens with one attached hydrogen (secondary N) is 1. The molecule has 3 rings (SSSR count). The molecule has 0 heterocycles. The van der Waals surface area contributed by atoms with Crippen LogP contribution < -0.4 is 5.32 Å². The lowest BCUT2D eigenvalue weighted by atomic mass is 9.96. The molecule has 0 aliphatic heterocycles. The molecule has 0 aromatic heterocycles. The van der Waals surface area contributed by atoms with E-state index in [1.165, 1.54) is 6.92 Å². The van der Waals surface area contributed by atoms with E-state index in [0.29, 0.717) is 27.9 Å². The molecule has 0 saturated carbocycles. The highest BCUT2D eigenvalue weighted by Gasteiger charge is 2.17. The van der Waals surface area contributed by atoms with Crippen LogP contribution in [0.25, 0.3) is 11.1 Å². The fourth-order valence-corrected chi connectivity index (χ4v) is 2.91. The van der Waals surface area contributed by atoms with E-state index in [0.717, 1.165) is 0 Å². The molecule has 3 aromatic carbocycles. The molecule has 0 aliphatic rings. The van der Waals surface area contributed by atoms with E-state index in [1.54, 1.807) is 72.8 Å². The maximum atomic E-state index is 12.6. The zero-order chi connectivity index (χ0) is 21.5. The molecule has 1 N–H and O–H groups in total. The highest BCUT2D eigenvalue weighted by atomic mass is 16.5. The third kappa shape index (κ3) is 4.78. The summed E-state index contributed by atoms with van der Waals surface area (Å²) in [5.41, 5.74) is 2.89. The number of ketones is 1. The Morgan fingerprint density at radius 2 is 1.53 bits per heavy atom. The van der Waals surface area contributed by atoms with E-state index >= 15 is 0 Å². The Kier molecular flexibility index (Phi) is 6.36. The standard InChI is InChI=1S/C24H18N2O4/c1-16(27)17-10-12-19(13-11-17)26-23(28)15-30-24(29)22-9-5-4-8-21(22)20-7-3-2-6-18(20)14-25/h2-13H,15H2,1H3,(H,26,28). The first-order valence-corrected chi connectivity index (χ1v) is 9.16. The van der Waals surface area contributed by atoms with Crippen LogP contribution in [0.3, 0.4) is 0 Å². The zero-order valence-corrected chi connectivity index (χ0v) is 16.2. The Bertz CT molecular complexity index is 1140. The Labute approximate surface area is 173 Å². The fourth-order valence-electron chi connectivity index (χ4n) is 2.91. The van der Waals surface area contributed by atoms with E-state index in [2.05, 4.69) is 11.4 Å².